The van der Waals surface area contributed by atoms with E-state index in [0.29, 0.717) is 52.3 Å². The van der Waals surface area contributed by atoms with E-state index in [1.807, 2.05) is 0 Å². The molecule has 1 N–H and O–H groups in total. The quantitative estimate of drug-likeness (QED) is 0.0447. The summed E-state index contributed by atoms with van der Waals surface area (Å²) in [4.78, 5) is 56.5. The molecule has 0 aromatic heterocycles. The van der Waals surface area contributed by atoms with E-state index in [2.05, 4.69) is 32.1 Å². The van der Waals surface area contributed by atoms with Gasteiger partial charge < -0.3 is 33.6 Å². The van der Waals surface area contributed by atoms with Crippen molar-refractivity contribution in [2.45, 2.75) is 129 Å². The molecule has 0 aliphatic carbocycles. The van der Waals surface area contributed by atoms with Gasteiger partial charge >= 0.3 is 18.3 Å². The maximum atomic E-state index is 13.3. The van der Waals surface area contributed by atoms with E-state index in [0.717, 1.165) is 87.3 Å². The summed E-state index contributed by atoms with van der Waals surface area (Å²) in [5, 5.41) is 4.59. The summed E-state index contributed by atoms with van der Waals surface area (Å²) >= 11 is 3.76. The second-order valence-corrected chi connectivity index (χ2v) is 11.5. The van der Waals surface area contributed by atoms with E-state index in [-0.39, 0.29) is 13.1 Å². The van der Waals surface area contributed by atoms with E-state index < -0.39 is 18.3 Å². The smallest absolute Gasteiger partial charge is 0.378 e. The first-order valence-electron chi connectivity index (χ1n) is 17.1. The molecule has 1 aliphatic heterocycles. The summed E-state index contributed by atoms with van der Waals surface area (Å²) in [6.07, 6.45) is 15.9. The van der Waals surface area contributed by atoms with Crippen molar-refractivity contribution in [1.82, 2.24) is 20.5 Å². The lowest BCUT2D eigenvalue weighted by molar-refractivity contribution is -0.309. The Balaban J connectivity index is 2.71. The van der Waals surface area contributed by atoms with Gasteiger partial charge in [0.05, 0.1) is 32.9 Å². The third-order valence-electron chi connectivity index (χ3n) is 7.37. The van der Waals surface area contributed by atoms with Crippen LogP contribution >= 0.6 is 12.9 Å². The van der Waals surface area contributed by atoms with Gasteiger partial charge in [-0.15, -0.1) is 5.06 Å². The van der Waals surface area contributed by atoms with Gasteiger partial charge in [0.25, 0.3) is 0 Å². The molecule has 1 fully saturated rings. The van der Waals surface area contributed by atoms with Gasteiger partial charge in [-0.1, -0.05) is 104 Å². The molecule has 12 nitrogen and oxygen atoms in total. The number of nitrogens with one attached hydrogen (secondary N) is 1. The number of rotatable bonds is 25. The van der Waals surface area contributed by atoms with E-state index in [4.69, 9.17) is 23.4 Å². The zero-order valence-electron chi connectivity index (χ0n) is 27.4. The van der Waals surface area contributed by atoms with Crippen LogP contribution in [0, 0.1) is 0 Å². The van der Waals surface area contributed by atoms with Crippen LogP contribution in [-0.2, 0) is 23.4 Å². The molecule has 3 amide bonds. The summed E-state index contributed by atoms with van der Waals surface area (Å²) in [5.74, 6) is 0. The van der Waals surface area contributed by atoms with Gasteiger partial charge in [0.2, 0.25) is 0 Å². The molecule has 0 atom stereocenters. The van der Waals surface area contributed by atoms with Gasteiger partial charge in [-0.2, -0.15) is 0 Å². The number of hydroxylamine groups is 4. The lowest BCUT2D eigenvalue weighted by Crippen LogP contribution is -2.46. The van der Waals surface area contributed by atoms with E-state index >= 15 is 0 Å². The molecule has 1 aliphatic rings. The molecule has 0 saturated carbocycles. The average Bonchev–Trinajstić information content (AvgIpc) is 3.03. The summed E-state index contributed by atoms with van der Waals surface area (Å²) in [7, 11) is 0. The SMILES string of the molecule is CCCCCCCCNC(=O)ON(CCCCCCCC)OC(=O)N(CCCCCCCCOS)OC(=O)N1CCOCC1. The Morgan fingerprint density at radius 1 is 0.705 bits per heavy atom. The number of carbonyl (C=O) groups is 3. The molecule has 1 heterocycles. The predicted molar refractivity (Wildman–Crippen MR) is 173 cm³/mol. The highest BCUT2D eigenvalue weighted by atomic mass is 32.1. The van der Waals surface area contributed by atoms with Crippen molar-refractivity contribution in [3.8, 4) is 0 Å². The molecule has 0 spiro atoms. The van der Waals surface area contributed by atoms with Gasteiger partial charge in [-0.25, -0.2) is 14.4 Å². The molecule has 0 aromatic rings. The highest BCUT2D eigenvalue weighted by Crippen LogP contribution is 2.12. The van der Waals surface area contributed by atoms with E-state index in [9.17, 15) is 14.4 Å². The van der Waals surface area contributed by atoms with Crippen LogP contribution in [-0.4, -0.2) is 86.0 Å². The van der Waals surface area contributed by atoms with Crippen LogP contribution in [0.1, 0.15) is 129 Å². The Morgan fingerprint density at radius 3 is 1.86 bits per heavy atom. The standard InChI is InChI=1S/C31H60N4O8S/c1-3-5-7-9-13-17-21-32-29(36)41-35(23-19-15-10-8-6-4-2)43-31(38)34(22-18-14-11-12-16-20-26-40-44)42-30(37)33-24-27-39-28-25-33/h44H,3-28H2,1-2H3,(H,32,36). The normalized spacial score (nSPS) is 13.1. The summed E-state index contributed by atoms with van der Waals surface area (Å²) in [6, 6.07) is 0. The number of carbonyl (C=O) groups excluding carboxylic acids is 3. The molecular weight excluding hydrogens is 588 g/mol. The number of hydrogen-bond acceptors (Lipinski definition) is 10. The first-order chi connectivity index (χ1) is 21.5. The summed E-state index contributed by atoms with van der Waals surface area (Å²) in [5.41, 5.74) is 0. The van der Waals surface area contributed by atoms with Crippen molar-refractivity contribution in [2.24, 2.45) is 0 Å². The number of amides is 3. The highest BCUT2D eigenvalue weighted by molar-refractivity contribution is 7.75. The van der Waals surface area contributed by atoms with E-state index in [1.54, 1.807) is 0 Å². The third kappa shape index (κ3) is 21.7. The van der Waals surface area contributed by atoms with Gasteiger partial charge in [-0.3, -0.25) is 0 Å². The second kappa shape index (κ2) is 28.5. The molecule has 0 radical (unpaired) electrons. The Morgan fingerprint density at radius 2 is 1.25 bits per heavy atom. The van der Waals surface area contributed by atoms with Crippen LogP contribution in [0.25, 0.3) is 0 Å². The zero-order chi connectivity index (χ0) is 32.1. The molecule has 13 heteroatoms. The zero-order valence-corrected chi connectivity index (χ0v) is 28.3. The first kappa shape index (κ1) is 40.1. The number of nitrogens with zero attached hydrogens (tertiary/aromatic N) is 3. The molecule has 258 valence electrons. The minimum Gasteiger partial charge on any atom is -0.378 e. The third-order valence-corrected chi connectivity index (χ3v) is 7.55. The van der Waals surface area contributed by atoms with Crippen LogP contribution in [0.3, 0.4) is 0 Å². The number of morpholine rings is 1. The molecule has 1 rings (SSSR count). The van der Waals surface area contributed by atoms with Crippen LogP contribution in [0.4, 0.5) is 14.4 Å². The maximum absolute atomic E-state index is 13.3. The number of ether oxygens (including phenoxy) is 1. The Labute approximate surface area is 271 Å². The minimum atomic E-state index is -0.910. The lowest BCUT2D eigenvalue weighted by atomic mass is 10.1. The summed E-state index contributed by atoms with van der Waals surface area (Å²) in [6.45, 7) is 7.39. The van der Waals surface area contributed by atoms with Gasteiger partial charge in [0.15, 0.2) is 0 Å². The van der Waals surface area contributed by atoms with Crippen LogP contribution in [0.2, 0.25) is 0 Å². The Bertz CT molecular complexity index is 731. The molecular formula is C31H60N4O8S. The van der Waals surface area contributed by atoms with Crippen molar-refractivity contribution < 1.29 is 37.8 Å². The van der Waals surface area contributed by atoms with Crippen LogP contribution in [0.5, 0.6) is 0 Å². The fourth-order valence-electron chi connectivity index (χ4n) is 4.69. The second-order valence-electron chi connectivity index (χ2n) is 11.3. The molecule has 44 heavy (non-hydrogen) atoms. The largest absolute Gasteiger partial charge is 0.465 e. The van der Waals surface area contributed by atoms with Crippen LogP contribution < -0.4 is 5.32 Å². The molecule has 0 bridgehead atoms. The monoisotopic (exact) mass is 648 g/mol. The van der Waals surface area contributed by atoms with Crippen molar-refractivity contribution in [3.05, 3.63) is 0 Å². The van der Waals surface area contributed by atoms with E-state index in [1.165, 1.54) is 30.6 Å². The van der Waals surface area contributed by atoms with Gasteiger partial charge in [0.1, 0.15) is 0 Å². The minimum absolute atomic E-state index is 0.156. The van der Waals surface area contributed by atoms with Crippen LogP contribution in [0.15, 0.2) is 0 Å². The molecule has 0 aromatic carbocycles. The Kier molecular flexibility index (Phi) is 26.0. The number of hydrogen-bond donors (Lipinski definition) is 2. The number of unbranched alkanes of at least 4 members (excludes halogenated alkanes) is 15. The molecule has 0 unspecified atom stereocenters. The topological polar surface area (TPSA) is 119 Å². The highest BCUT2D eigenvalue weighted by Gasteiger charge is 2.28. The van der Waals surface area contributed by atoms with Crippen molar-refractivity contribution in [3.63, 3.8) is 0 Å². The predicted octanol–water partition coefficient (Wildman–Crippen LogP) is 7.59. The summed E-state index contributed by atoms with van der Waals surface area (Å²) < 4.78 is 10.1. The first-order valence-corrected chi connectivity index (χ1v) is 17.4. The fraction of sp³-hybridized carbons (Fsp3) is 0.903. The Hall–Kier alpha value is -1.96. The van der Waals surface area contributed by atoms with Crippen molar-refractivity contribution in [1.29, 1.82) is 0 Å². The maximum Gasteiger partial charge on any atom is 0.465 e. The van der Waals surface area contributed by atoms with Gasteiger partial charge in [-0.05, 0) is 38.6 Å². The fourth-order valence-corrected chi connectivity index (χ4v) is 4.81. The van der Waals surface area contributed by atoms with Crippen molar-refractivity contribution >= 4 is 31.2 Å². The van der Waals surface area contributed by atoms with Gasteiger partial charge in [0, 0.05) is 24.9 Å². The van der Waals surface area contributed by atoms with Crippen molar-refractivity contribution in [2.75, 3.05) is 52.5 Å². The lowest BCUT2D eigenvalue weighted by Gasteiger charge is -2.29. The molecule has 1 saturated heterocycles. The average molecular weight is 649 g/mol. The number of thiol groups is 1.